The molecule has 0 aliphatic heterocycles. The minimum Gasteiger partial charge on any atom is -0.481 e. The summed E-state index contributed by atoms with van der Waals surface area (Å²) in [5.74, 6) is -0.735. The second-order valence-corrected chi connectivity index (χ2v) is 6.13. The summed E-state index contributed by atoms with van der Waals surface area (Å²) >= 11 is 0. The van der Waals surface area contributed by atoms with Crippen LogP contribution in [-0.2, 0) is 9.59 Å². The number of hydrogen-bond donors (Lipinski definition) is 2. The Morgan fingerprint density at radius 2 is 1.79 bits per heavy atom. The Morgan fingerprint density at radius 1 is 1.08 bits per heavy atom. The van der Waals surface area contributed by atoms with Crippen LogP contribution < -0.4 is 0 Å². The summed E-state index contributed by atoms with van der Waals surface area (Å²) in [6.07, 6.45) is 7.35. The van der Waals surface area contributed by atoms with E-state index < -0.39 is 12.1 Å². The highest BCUT2D eigenvalue weighted by Gasteiger charge is 2.28. The molecule has 0 saturated heterocycles. The number of carboxylic acids is 1. The Balaban J connectivity index is 1.93. The Hall–Kier alpha value is -2.20. The first-order valence-electron chi connectivity index (χ1n) is 8.47. The lowest BCUT2D eigenvalue weighted by Gasteiger charge is -2.05. The van der Waals surface area contributed by atoms with E-state index in [1.54, 1.807) is 0 Å². The number of hydrogen-bond acceptors (Lipinski definition) is 3. The third-order valence-corrected chi connectivity index (χ3v) is 4.25. The molecule has 1 aliphatic carbocycles. The van der Waals surface area contributed by atoms with Crippen molar-refractivity contribution in [1.29, 1.82) is 0 Å². The van der Waals surface area contributed by atoms with E-state index >= 15 is 0 Å². The predicted octanol–water partition coefficient (Wildman–Crippen LogP) is 3.76. The number of carbonyl (C=O) groups excluding carboxylic acids is 1. The van der Waals surface area contributed by atoms with Gasteiger partial charge in [-0.25, -0.2) is 0 Å². The van der Waals surface area contributed by atoms with Gasteiger partial charge in [-0.3, -0.25) is 9.59 Å². The molecule has 0 unspecified atom stereocenters. The van der Waals surface area contributed by atoms with Gasteiger partial charge in [0.05, 0.1) is 6.10 Å². The maximum atomic E-state index is 12.1. The lowest BCUT2D eigenvalue weighted by Crippen LogP contribution is -2.04. The average Bonchev–Trinajstić information content (AvgIpc) is 2.83. The molecule has 0 spiro atoms. The number of aliphatic hydroxyl groups excluding tert-OH is 1. The van der Waals surface area contributed by atoms with Crippen molar-refractivity contribution >= 4 is 17.8 Å². The van der Waals surface area contributed by atoms with Crippen molar-refractivity contribution in [3.8, 4) is 0 Å². The molecule has 24 heavy (non-hydrogen) atoms. The third-order valence-electron chi connectivity index (χ3n) is 4.25. The van der Waals surface area contributed by atoms with Crippen molar-refractivity contribution in [3.63, 3.8) is 0 Å². The van der Waals surface area contributed by atoms with Crippen LogP contribution in [0.1, 0.15) is 50.5 Å². The van der Waals surface area contributed by atoms with Gasteiger partial charge in [0.2, 0.25) is 0 Å². The fraction of sp³-hybridized carbons (Fsp3) is 0.400. The standard InChI is InChI=1S/C20H24O4/c21-18-14-19(22)17(13-12-15-8-4-3-5-9-15)16(18)10-6-1-2-7-11-20(23)24/h3-5,8-9,12-13,19,22H,1-2,6-7,10-11,14H2,(H,23,24)/b13-12+/t19-/m0/s1. The molecule has 0 saturated carbocycles. The molecule has 0 radical (unpaired) electrons. The van der Waals surface area contributed by atoms with Crippen molar-refractivity contribution in [1.82, 2.24) is 0 Å². The monoisotopic (exact) mass is 328 g/mol. The number of benzene rings is 1. The molecule has 1 aromatic rings. The van der Waals surface area contributed by atoms with Gasteiger partial charge in [-0.05, 0) is 30.4 Å². The average molecular weight is 328 g/mol. The van der Waals surface area contributed by atoms with Crippen LogP contribution in [-0.4, -0.2) is 28.1 Å². The van der Waals surface area contributed by atoms with Gasteiger partial charge in [0, 0.05) is 18.4 Å². The molecule has 0 fully saturated rings. The first-order valence-corrected chi connectivity index (χ1v) is 8.47. The summed E-state index contributed by atoms with van der Waals surface area (Å²) < 4.78 is 0. The van der Waals surface area contributed by atoms with Crippen molar-refractivity contribution in [2.45, 2.75) is 51.0 Å². The molecular weight excluding hydrogens is 304 g/mol. The lowest BCUT2D eigenvalue weighted by atomic mass is 10.0. The van der Waals surface area contributed by atoms with Gasteiger partial charge in [-0.1, -0.05) is 55.3 Å². The van der Waals surface area contributed by atoms with Crippen molar-refractivity contribution in [2.24, 2.45) is 0 Å². The summed E-state index contributed by atoms with van der Waals surface area (Å²) in [6, 6.07) is 9.79. The Bertz CT molecular complexity index is 628. The van der Waals surface area contributed by atoms with Crippen LogP contribution >= 0.6 is 0 Å². The molecule has 2 rings (SSSR count). The van der Waals surface area contributed by atoms with E-state index in [4.69, 9.17) is 5.11 Å². The molecule has 1 atom stereocenters. The summed E-state index contributed by atoms with van der Waals surface area (Å²) in [7, 11) is 0. The molecule has 0 heterocycles. The number of Topliss-reactive ketones (excluding diaryl/α,β-unsaturated/α-hetero) is 1. The number of rotatable bonds is 9. The van der Waals surface area contributed by atoms with Crippen molar-refractivity contribution < 1.29 is 19.8 Å². The van der Waals surface area contributed by atoms with Gasteiger partial charge in [-0.2, -0.15) is 0 Å². The van der Waals surface area contributed by atoms with Crippen molar-refractivity contribution in [3.05, 3.63) is 53.1 Å². The van der Waals surface area contributed by atoms with Crippen LogP contribution in [0.5, 0.6) is 0 Å². The molecule has 2 N–H and O–H groups in total. The zero-order valence-electron chi connectivity index (χ0n) is 13.8. The Morgan fingerprint density at radius 3 is 2.50 bits per heavy atom. The molecule has 0 amide bonds. The van der Waals surface area contributed by atoms with E-state index in [1.165, 1.54) is 0 Å². The molecule has 1 aromatic carbocycles. The highest BCUT2D eigenvalue weighted by atomic mass is 16.4. The molecule has 0 bridgehead atoms. The maximum Gasteiger partial charge on any atom is 0.303 e. The topological polar surface area (TPSA) is 74.6 Å². The highest BCUT2D eigenvalue weighted by molar-refractivity contribution is 6.00. The van der Waals surface area contributed by atoms with E-state index in [9.17, 15) is 14.7 Å². The SMILES string of the molecule is O=C(O)CCCCCCC1=C(/C=C/c2ccccc2)[C@@H](O)CC1=O. The molecule has 4 nitrogen and oxygen atoms in total. The van der Waals surface area contributed by atoms with E-state index in [-0.39, 0.29) is 18.6 Å². The molecule has 1 aliphatic rings. The number of allylic oxidation sites excluding steroid dienone is 1. The predicted molar refractivity (Wildman–Crippen MR) is 93.5 cm³/mol. The minimum absolute atomic E-state index is 0.0285. The number of aliphatic hydroxyl groups is 1. The summed E-state index contributed by atoms with van der Waals surface area (Å²) in [5, 5.41) is 18.7. The lowest BCUT2D eigenvalue weighted by molar-refractivity contribution is -0.137. The van der Waals surface area contributed by atoms with Crippen LogP contribution in [0.15, 0.2) is 47.6 Å². The summed E-state index contributed by atoms with van der Waals surface area (Å²) in [4.78, 5) is 22.6. The Kier molecular flexibility index (Phi) is 6.94. The fourth-order valence-corrected chi connectivity index (χ4v) is 2.95. The first-order chi connectivity index (χ1) is 11.6. The van der Waals surface area contributed by atoms with Crippen molar-refractivity contribution in [2.75, 3.05) is 0 Å². The summed E-state index contributed by atoms with van der Waals surface area (Å²) in [5.41, 5.74) is 2.49. The zero-order valence-corrected chi connectivity index (χ0v) is 13.8. The van der Waals surface area contributed by atoms with Gasteiger partial charge in [-0.15, -0.1) is 0 Å². The summed E-state index contributed by atoms with van der Waals surface area (Å²) in [6.45, 7) is 0. The zero-order chi connectivity index (χ0) is 17.4. The number of unbranched alkanes of at least 4 members (excludes halogenated alkanes) is 3. The van der Waals surface area contributed by atoms with E-state index in [0.717, 1.165) is 36.0 Å². The second-order valence-electron chi connectivity index (χ2n) is 6.13. The van der Waals surface area contributed by atoms with Gasteiger partial charge in [0.25, 0.3) is 0 Å². The van der Waals surface area contributed by atoms with Gasteiger partial charge >= 0.3 is 5.97 Å². The number of carbonyl (C=O) groups is 2. The normalized spacial score (nSPS) is 17.9. The smallest absolute Gasteiger partial charge is 0.303 e. The second kappa shape index (κ2) is 9.18. The van der Waals surface area contributed by atoms with Crippen LogP contribution in [0.25, 0.3) is 6.08 Å². The van der Waals surface area contributed by atoms with Gasteiger partial charge in [0.15, 0.2) is 5.78 Å². The van der Waals surface area contributed by atoms with Crippen LogP contribution in [0.4, 0.5) is 0 Å². The van der Waals surface area contributed by atoms with Crippen LogP contribution in [0.3, 0.4) is 0 Å². The number of aliphatic carboxylic acids is 1. The van der Waals surface area contributed by atoms with E-state index in [1.807, 2.05) is 42.5 Å². The first kappa shape index (κ1) is 18.1. The highest BCUT2D eigenvalue weighted by Crippen LogP contribution is 2.29. The molecule has 0 aromatic heterocycles. The molecule has 4 heteroatoms. The van der Waals surface area contributed by atoms with Gasteiger partial charge < -0.3 is 10.2 Å². The molecular formula is C20H24O4. The van der Waals surface area contributed by atoms with Crippen LogP contribution in [0, 0.1) is 0 Å². The molecule has 128 valence electrons. The van der Waals surface area contributed by atoms with E-state index in [0.29, 0.717) is 12.8 Å². The quantitative estimate of drug-likeness (QED) is 0.677. The fourth-order valence-electron chi connectivity index (χ4n) is 2.95. The van der Waals surface area contributed by atoms with E-state index in [2.05, 4.69) is 0 Å². The number of ketones is 1. The number of carboxylic acid groups (broad SMARTS) is 1. The van der Waals surface area contributed by atoms with Gasteiger partial charge in [0.1, 0.15) is 0 Å². The third kappa shape index (κ3) is 5.46. The van der Waals surface area contributed by atoms with Crippen LogP contribution in [0.2, 0.25) is 0 Å². The maximum absolute atomic E-state index is 12.1. The Labute approximate surface area is 142 Å². The minimum atomic E-state index is -0.764. The largest absolute Gasteiger partial charge is 0.481 e.